The van der Waals surface area contributed by atoms with Crippen molar-refractivity contribution in [1.29, 1.82) is 0 Å². The Kier molecular flexibility index (Phi) is 4.67. The van der Waals surface area contributed by atoms with Crippen molar-refractivity contribution in [1.82, 2.24) is 0 Å². The first-order valence-corrected chi connectivity index (χ1v) is 7.93. The fraction of sp³-hybridized carbons (Fsp3) is 0.200. The van der Waals surface area contributed by atoms with Crippen molar-refractivity contribution in [3.05, 3.63) is 78.5 Å². The van der Waals surface area contributed by atoms with E-state index in [0.29, 0.717) is 17.8 Å². The zero-order valence-corrected chi connectivity index (χ0v) is 14.3. The summed E-state index contributed by atoms with van der Waals surface area (Å²) in [5.74, 6) is -0.0166. The number of hydrogen-bond donors (Lipinski definition) is 0. The average molecular weight is 336 g/mol. The number of methoxy groups -OCH3 is 2. The van der Waals surface area contributed by atoms with Crippen molar-refractivity contribution >= 4 is 17.5 Å². The number of ether oxygens (including phenoxy) is 2. The highest BCUT2D eigenvalue weighted by Crippen LogP contribution is 2.33. The van der Waals surface area contributed by atoms with Crippen LogP contribution in [0.2, 0.25) is 0 Å². The van der Waals surface area contributed by atoms with Gasteiger partial charge in [0, 0.05) is 19.2 Å². The Morgan fingerprint density at radius 2 is 1.64 bits per heavy atom. The standard InChI is InChI=1S/C20H20N2O3/c1-15-18(24-2)21-20(25-3,14-16-10-6-4-7-11-16)19(23)22(15)17-12-8-5-9-13-17/h4-13H,1,14H2,2-3H3. The van der Waals surface area contributed by atoms with Gasteiger partial charge in [0.25, 0.3) is 5.91 Å². The summed E-state index contributed by atoms with van der Waals surface area (Å²) in [6, 6.07) is 18.9. The number of hydrogen-bond acceptors (Lipinski definition) is 4. The molecular weight excluding hydrogens is 316 g/mol. The lowest BCUT2D eigenvalue weighted by Crippen LogP contribution is -2.55. The van der Waals surface area contributed by atoms with Crippen LogP contribution in [0.3, 0.4) is 0 Å². The Labute approximate surface area is 147 Å². The molecule has 0 saturated heterocycles. The number of aliphatic imine (C=N–C) groups is 1. The zero-order valence-electron chi connectivity index (χ0n) is 14.3. The van der Waals surface area contributed by atoms with Crippen LogP contribution in [0.25, 0.3) is 0 Å². The molecule has 1 unspecified atom stereocenters. The van der Waals surface area contributed by atoms with Crippen LogP contribution in [0.4, 0.5) is 5.69 Å². The number of anilines is 1. The van der Waals surface area contributed by atoms with Gasteiger partial charge < -0.3 is 9.47 Å². The van der Waals surface area contributed by atoms with Gasteiger partial charge in [0.2, 0.25) is 11.6 Å². The van der Waals surface area contributed by atoms with Gasteiger partial charge in [-0.05, 0) is 17.7 Å². The summed E-state index contributed by atoms with van der Waals surface area (Å²) in [4.78, 5) is 19.3. The second kappa shape index (κ2) is 6.91. The van der Waals surface area contributed by atoms with E-state index in [1.54, 1.807) is 0 Å². The smallest absolute Gasteiger partial charge is 0.287 e. The first kappa shape index (κ1) is 16.9. The molecule has 5 heteroatoms. The SMILES string of the molecule is C=C1C(OC)=NC(Cc2ccccc2)(OC)C(=O)N1c1ccccc1. The number of carbonyl (C=O) groups is 1. The Hall–Kier alpha value is -2.92. The molecule has 0 fully saturated rings. The van der Waals surface area contributed by atoms with Gasteiger partial charge >= 0.3 is 0 Å². The molecule has 1 aliphatic rings. The van der Waals surface area contributed by atoms with E-state index in [4.69, 9.17) is 9.47 Å². The molecule has 128 valence electrons. The summed E-state index contributed by atoms with van der Waals surface area (Å²) in [6.07, 6.45) is 0.298. The molecule has 1 atom stereocenters. The average Bonchev–Trinajstić information content (AvgIpc) is 2.66. The van der Waals surface area contributed by atoms with Crippen molar-refractivity contribution < 1.29 is 14.3 Å². The van der Waals surface area contributed by atoms with Crippen molar-refractivity contribution in [2.45, 2.75) is 12.1 Å². The van der Waals surface area contributed by atoms with E-state index in [0.717, 1.165) is 5.56 Å². The fourth-order valence-corrected chi connectivity index (χ4v) is 2.88. The number of carbonyl (C=O) groups excluding carboxylic acids is 1. The summed E-state index contributed by atoms with van der Waals surface area (Å²) in [6.45, 7) is 3.98. The highest BCUT2D eigenvalue weighted by molar-refractivity contribution is 6.15. The number of amides is 1. The first-order valence-electron chi connectivity index (χ1n) is 7.93. The van der Waals surface area contributed by atoms with Gasteiger partial charge in [-0.2, -0.15) is 0 Å². The van der Waals surface area contributed by atoms with E-state index >= 15 is 0 Å². The third kappa shape index (κ3) is 3.06. The molecular formula is C20H20N2O3. The Morgan fingerprint density at radius 1 is 1.04 bits per heavy atom. The van der Waals surface area contributed by atoms with E-state index in [-0.39, 0.29) is 11.8 Å². The number of rotatable bonds is 4. The monoisotopic (exact) mass is 336 g/mol. The van der Waals surface area contributed by atoms with Crippen molar-refractivity contribution in [3.63, 3.8) is 0 Å². The second-order valence-electron chi connectivity index (χ2n) is 5.69. The number of nitrogens with zero attached hydrogens (tertiary/aromatic N) is 2. The molecule has 1 amide bonds. The maximum atomic E-state index is 13.3. The molecule has 25 heavy (non-hydrogen) atoms. The lowest BCUT2D eigenvalue weighted by atomic mass is 9.99. The van der Waals surface area contributed by atoms with E-state index < -0.39 is 5.72 Å². The Balaban J connectivity index is 2.09. The highest BCUT2D eigenvalue weighted by atomic mass is 16.5. The van der Waals surface area contributed by atoms with Gasteiger partial charge in [-0.3, -0.25) is 9.69 Å². The Morgan fingerprint density at radius 3 is 2.20 bits per heavy atom. The maximum Gasteiger partial charge on any atom is 0.287 e. The Bertz CT molecular complexity index is 802. The van der Waals surface area contributed by atoms with Crippen LogP contribution >= 0.6 is 0 Å². The van der Waals surface area contributed by atoms with Gasteiger partial charge in [-0.1, -0.05) is 55.1 Å². The van der Waals surface area contributed by atoms with Crippen LogP contribution in [0.1, 0.15) is 5.56 Å². The third-order valence-electron chi connectivity index (χ3n) is 4.17. The molecule has 0 N–H and O–H groups in total. The quantitative estimate of drug-likeness (QED) is 0.862. The van der Waals surface area contributed by atoms with Gasteiger partial charge in [0.05, 0.1) is 7.11 Å². The predicted octanol–water partition coefficient (Wildman–Crippen LogP) is 3.18. The number of benzene rings is 2. The van der Waals surface area contributed by atoms with Crippen LogP contribution in [0.15, 0.2) is 77.9 Å². The second-order valence-corrected chi connectivity index (χ2v) is 5.69. The van der Waals surface area contributed by atoms with E-state index in [9.17, 15) is 4.79 Å². The zero-order chi connectivity index (χ0) is 17.9. The van der Waals surface area contributed by atoms with Crippen molar-refractivity contribution in [2.24, 2.45) is 4.99 Å². The highest BCUT2D eigenvalue weighted by Gasteiger charge is 2.48. The molecule has 2 aromatic rings. The van der Waals surface area contributed by atoms with Gasteiger partial charge in [-0.15, -0.1) is 0 Å². The van der Waals surface area contributed by atoms with Crippen molar-refractivity contribution in [2.75, 3.05) is 19.1 Å². The van der Waals surface area contributed by atoms with Gasteiger partial charge in [0.15, 0.2) is 0 Å². The molecule has 0 bridgehead atoms. The minimum Gasteiger partial charge on any atom is -0.480 e. The summed E-state index contributed by atoms with van der Waals surface area (Å²) in [5.41, 5.74) is 0.622. The normalized spacial score (nSPS) is 20.4. The molecule has 0 radical (unpaired) electrons. The van der Waals surface area contributed by atoms with Crippen LogP contribution < -0.4 is 4.90 Å². The number of para-hydroxylation sites is 1. The molecule has 0 spiro atoms. The van der Waals surface area contributed by atoms with Gasteiger partial charge in [-0.25, -0.2) is 4.99 Å². The van der Waals surface area contributed by atoms with Crippen molar-refractivity contribution in [3.8, 4) is 0 Å². The molecule has 0 saturated carbocycles. The summed E-state index contributed by atoms with van der Waals surface area (Å²) in [7, 11) is 2.99. The molecule has 1 aliphatic heterocycles. The molecule has 1 heterocycles. The summed E-state index contributed by atoms with van der Waals surface area (Å²) in [5, 5.41) is 0. The minimum atomic E-state index is -1.40. The molecule has 0 aliphatic carbocycles. The van der Waals surface area contributed by atoms with Crippen LogP contribution in [0.5, 0.6) is 0 Å². The van der Waals surface area contributed by atoms with E-state index in [1.165, 1.54) is 19.1 Å². The van der Waals surface area contributed by atoms with E-state index in [2.05, 4.69) is 11.6 Å². The predicted molar refractivity (Wildman–Crippen MR) is 97.4 cm³/mol. The lowest BCUT2D eigenvalue weighted by Gasteiger charge is -2.38. The molecule has 0 aromatic heterocycles. The summed E-state index contributed by atoms with van der Waals surface area (Å²) >= 11 is 0. The molecule has 3 rings (SSSR count). The molecule has 5 nitrogen and oxygen atoms in total. The topological polar surface area (TPSA) is 51.1 Å². The van der Waals surface area contributed by atoms with Crippen LogP contribution in [-0.2, 0) is 20.7 Å². The maximum absolute atomic E-state index is 13.3. The summed E-state index contributed by atoms with van der Waals surface area (Å²) < 4.78 is 11.0. The van der Waals surface area contributed by atoms with Crippen LogP contribution in [-0.4, -0.2) is 31.7 Å². The lowest BCUT2D eigenvalue weighted by molar-refractivity contribution is -0.139. The third-order valence-corrected chi connectivity index (χ3v) is 4.17. The fourth-order valence-electron chi connectivity index (χ4n) is 2.88. The van der Waals surface area contributed by atoms with Crippen LogP contribution in [0, 0.1) is 0 Å². The first-order chi connectivity index (χ1) is 12.1. The van der Waals surface area contributed by atoms with E-state index in [1.807, 2.05) is 60.7 Å². The van der Waals surface area contributed by atoms with Gasteiger partial charge in [0.1, 0.15) is 5.70 Å². The largest absolute Gasteiger partial charge is 0.480 e. The minimum absolute atomic E-state index is 0.279. The molecule has 2 aromatic carbocycles.